The second-order valence-electron chi connectivity index (χ2n) is 4.21. The molecule has 0 aliphatic heterocycles. The Labute approximate surface area is 118 Å². The van der Waals surface area contributed by atoms with Crippen LogP contribution in [0.4, 0.5) is 0 Å². The molecule has 0 bridgehead atoms. The zero-order valence-corrected chi connectivity index (χ0v) is 11.0. The number of hydrogen-bond donors (Lipinski definition) is 2. The maximum Gasteiger partial charge on any atom is 0.234 e. The summed E-state index contributed by atoms with van der Waals surface area (Å²) in [5, 5.41) is 9.90. The number of benzene rings is 1. The standard InChI is InChI=1S/C15H16N4O/c1-2-8-16-11-15(20)17-9-13-10-18-19(12-13)14-6-4-3-5-7-14/h1,3-7,10,12,16H,8-9,11H2,(H,17,20). The quantitative estimate of drug-likeness (QED) is 0.599. The highest BCUT2D eigenvalue weighted by atomic mass is 16.1. The van der Waals surface area contributed by atoms with Crippen LogP contribution in [-0.4, -0.2) is 28.8 Å². The average molecular weight is 268 g/mol. The fourth-order valence-electron chi connectivity index (χ4n) is 1.68. The van der Waals surface area contributed by atoms with E-state index in [1.54, 1.807) is 10.9 Å². The molecule has 0 saturated carbocycles. The van der Waals surface area contributed by atoms with Gasteiger partial charge >= 0.3 is 0 Å². The Hall–Kier alpha value is -2.58. The number of carbonyl (C=O) groups is 1. The van der Waals surface area contributed by atoms with Crippen molar-refractivity contribution >= 4 is 5.91 Å². The maximum atomic E-state index is 11.5. The molecule has 0 aliphatic rings. The minimum Gasteiger partial charge on any atom is -0.351 e. The molecule has 5 nitrogen and oxygen atoms in total. The van der Waals surface area contributed by atoms with E-state index < -0.39 is 0 Å². The number of terminal acetylenes is 1. The van der Waals surface area contributed by atoms with Crippen LogP contribution in [0.3, 0.4) is 0 Å². The topological polar surface area (TPSA) is 59.0 Å². The first kappa shape index (κ1) is 13.8. The molecule has 0 fully saturated rings. The van der Waals surface area contributed by atoms with Gasteiger partial charge in [0.25, 0.3) is 0 Å². The van der Waals surface area contributed by atoms with Gasteiger partial charge in [0.05, 0.1) is 25.0 Å². The van der Waals surface area contributed by atoms with Gasteiger partial charge in [-0.05, 0) is 12.1 Å². The van der Waals surface area contributed by atoms with Crippen molar-refractivity contribution in [2.75, 3.05) is 13.1 Å². The first-order chi connectivity index (χ1) is 9.79. The molecule has 0 unspecified atom stereocenters. The van der Waals surface area contributed by atoms with Gasteiger partial charge in [-0.25, -0.2) is 4.68 Å². The number of rotatable bonds is 6. The SMILES string of the molecule is C#CCNCC(=O)NCc1cnn(-c2ccccc2)c1. The summed E-state index contributed by atoms with van der Waals surface area (Å²) in [5.41, 5.74) is 1.93. The molecule has 1 heterocycles. The molecule has 2 rings (SSSR count). The van der Waals surface area contributed by atoms with Gasteiger partial charge in [0.15, 0.2) is 0 Å². The van der Waals surface area contributed by atoms with E-state index in [0.717, 1.165) is 11.3 Å². The molecule has 1 aromatic heterocycles. The fraction of sp³-hybridized carbons (Fsp3) is 0.200. The summed E-state index contributed by atoms with van der Waals surface area (Å²) in [4.78, 5) is 11.5. The van der Waals surface area contributed by atoms with Crippen molar-refractivity contribution < 1.29 is 4.79 Å². The first-order valence-corrected chi connectivity index (χ1v) is 6.29. The molecular weight excluding hydrogens is 252 g/mol. The lowest BCUT2D eigenvalue weighted by Gasteiger charge is -2.03. The lowest BCUT2D eigenvalue weighted by Crippen LogP contribution is -2.33. The normalized spacial score (nSPS) is 9.95. The molecule has 102 valence electrons. The van der Waals surface area contributed by atoms with E-state index >= 15 is 0 Å². The fourth-order valence-corrected chi connectivity index (χ4v) is 1.68. The van der Waals surface area contributed by atoms with E-state index in [0.29, 0.717) is 13.1 Å². The summed E-state index contributed by atoms with van der Waals surface area (Å²) in [7, 11) is 0. The second kappa shape index (κ2) is 7.12. The minimum atomic E-state index is -0.0901. The molecule has 0 spiro atoms. The second-order valence-corrected chi connectivity index (χ2v) is 4.21. The van der Waals surface area contributed by atoms with Crippen LogP contribution in [0.15, 0.2) is 42.7 Å². The van der Waals surface area contributed by atoms with Gasteiger partial charge < -0.3 is 5.32 Å². The van der Waals surface area contributed by atoms with Gasteiger partial charge in [-0.1, -0.05) is 24.1 Å². The van der Waals surface area contributed by atoms with Gasteiger partial charge in [0.1, 0.15) is 0 Å². The molecule has 2 aromatic rings. The number of nitrogens with zero attached hydrogens (tertiary/aromatic N) is 2. The van der Waals surface area contributed by atoms with Crippen molar-refractivity contribution in [2.45, 2.75) is 6.54 Å². The predicted molar refractivity (Wildman–Crippen MR) is 77.1 cm³/mol. The van der Waals surface area contributed by atoms with Crippen LogP contribution in [0.1, 0.15) is 5.56 Å². The number of nitrogens with one attached hydrogen (secondary N) is 2. The Kier molecular flexibility index (Phi) is 4.93. The number of aromatic nitrogens is 2. The highest BCUT2D eigenvalue weighted by Gasteiger charge is 2.03. The zero-order valence-electron chi connectivity index (χ0n) is 11.0. The summed E-state index contributed by atoms with van der Waals surface area (Å²) >= 11 is 0. The van der Waals surface area contributed by atoms with Crippen LogP contribution in [0.5, 0.6) is 0 Å². The highest BCUT2D eigenvalue weighted by Crippen LogP contribution is 2.07. The van der Waals surface area contributed by atoms with Crippen molar-refractivity contribution in [3.63, 3.8) is 0 Å². The van der Waals surface area contributed by atoms with Gasteiger partial charge in [-0.15, -0.1) is 6.42 Å². The Morgan fingerprint density at radius 1 is 1.35 bits per heavy atom. The van der Waals surface area contributed by atoms with E-state index in [-0.39, 0.29) is 12.5 Å². The predicted octanol–water partition coefficient (Wildman–Crippen LogP) is 0.711. The van der Waals surface area contributed by atoms with Crippen molar-refractivity contribution in [1.29, 1.82) is 0 Å². The number of hydrogen-bond acceptors (Lipinski definition) is 3. The summed E-state index contributed by atoms with van der Waals surface area (Å²) in [6.45, 7) is 1.06. The zero-order chi connectivity index (χ0) is 14.2. The van der Waals surface area contributed by atoms with Crippen LogP contribution in [-0.2, 0) is 11.3 Å². The van der Waals surface area contributed by atoms with E-state index in [2.05, 4.69) is 21.7 Å². The van der Waals surface area contributed by atoms with Crippen molar-refractivity contribution in [3.05, 3.63) is 48.3 Å². The average Bonchev–Trinajstić information content (AvgIpc) is 2.95. The Morgan fingerprint density at radius 3 is 2.90 bits per heavy atom. The van der Waals surface area contributed by atoms with Crippen LogP contribution < -0.4 is 10.6 Å². The monoisotopic (exact) mass is 268 g/mol. The molecule has 20 heavy (non-hydrogen) atoms. The molecule has 0 aliphatic carbocycles. The van der Waals surface area contributed by atoms with E-state index in [4.69, 9.17) is 6.42 Å². The molecule has 1 aromatic carbocycles. The summed E-state index contributed by atoms with van der Waals surface area (Å²) in [5.74, 6) is 2.32. The van der Waals surface area contributed by atoms with Gasteiger partial charge in [0, 0.05) is 18.3 Å². The van der Waals surface area contributed by atoms with Crippen molar-refractivity contribution in [3.8, 4) is 18.0 Å². The lowest BCUT2D eigenvalue weighted by molar-refractivity contribution is -0.120. The summed E-state index contributed by atoms with van der Waals surface area (Å²) in [6.07, 6.45) is 8.71. The van der Waals surface area contributed by atoms with Crippen LogP contribution in [0.2, 0.25) is 0 Å². The third kappa shape index (κ3) is 3.97. The summed E-state index contributed by atoms with van der Waals surface area (Å²) in [6, 6.07) is 9.81. The number of para-hydroxylation sites is 1. The summed E-state index contributed by atoms with van der Waals surface area (Å²) < 4.78 is 1.78. The maximum absolute atomic E-state index is 11.5. The molecule has 1 amide bonds. The molecule has 0 saturated heterocycles. The van der Waals surface area contributed by atoms with Crippen LogP contribution in [0, 0.1) is 12.3 Å². The van der Waals surface area contributed by atoms with E-state index in [1.807, 2.05) is 36.5 Å². The van der Waals surface area contributed by atoms with E-state index in [1.165, 1.54) is 0 Å². The third-order valence-corrected chi connectivity index (χ3v) is 2.66. The minimum absolute atomic E-state index is 0.0901. The first-order valence-electron chi connectivity index (χ1n) is 6.29. The number of carbonyl (C=O) groups excluding carboxylic acids is 1. The lowest BCUT2D eigenvalue weighted by atomic mass is 10.3. The smallest absolute Gasteiger partial charge is 0.234 e. The van der Waals surface area contributed by atoms with Gasteiger partial charge in [0.2, 0.25) is 5.91 Å². The van der Waals surface area contributed by atoms with E-state index in [9.17, 15) is 4.79 Å². The molecule has 2 N–H and O–H groups in total. The largest absolute Gasteiger partial charge is 0.351 e. The van der Waals surface area contributed by atoms with Crippen LogP contribution in [0.25, 0.3) is 5.69 Å². The molecule has 0 atom stereocenters. The van der Waals surface area contributed by atoms with Crippen molar-refractivity contribution in [1.82, 2.24) is 20.4 Å². The third-order valence-electron chi connectivity index (χ3n) is 2.66. The molecular formula is C15H16N4O. The van der Waals surface area contributed by atoms with Crippen LogP contribution >= 0.6 is 0 Å². The Bertz CT molecular complexity index is 598. The van der Waals surface area contributed by atoms with Gasteiger partial charge in [-0.2, -0.15) is 5.10 Å². The molecule has 5 heteroatoms. The Morgan fingerprint density at radius 2 is 2.15 bits per heavy atom. The van der Waals surface area contributed by atoms with Crippen molar-refractivity contribution in [2.24, 2.45) is 0 Å². The Balaban J connectivity index is 1.85. The molecule has 0 radical (unpaired) electrons. The van der Waals surface area contributed by atoms with Gasteiger partial charge in [-0.3, -0.25) is 10.1 Å². The number of amides is 1. The highest BCUT2D eigenvalue weighted by molar-refractivity contribution is 5.77.